The number of aromatic carboxylic acids is 1. The van der Waals surface area contributed by atoms with E-state index in [-0.39, 0.29) is 11.4 Å². The smallest absolute Gasteiger partial charge is 0.371 e. The van der Waals surface area contributed by atoms with Gasteiger partial charge in [0.05, 0.1) is 4.92 Å². The molecule has 92 valence electrons. The summed E-state index contributed by atoms with van der Waals surface area (Å²) >= 11 is 0. The molecule has 0 aliphatic carbocycles. The van der Waals surface area contributed by atoms with Crippen molar-refractivity contribution in [2.24, 2.45) is 0 Å². The number of carboxylic acid groups (broad SMARTS) is 1. The lowest BCUT2D eigenvalue weighted by Crippen LogP contribution is -1.92. The van der Waals surface area contributed by atoms with Gasteiger partial charge in [-0.1, -0.05) is 6.07 Å². The highest BCUT2D eigenvalue weighted by Gasteiger charge is 2.15. The van der Waals surface area contributed by atoms with Crippen LogP contribution in [0.5, 0.6) is 0 Å². The summed E-state index contributed by atoms with van der Waals surface area (Å²) < 4.78 is 5.12. The molecule has 0 saturated carbocycles. The summed E-state index contributed by atoms with van der Waals surface area (Å²) in [4.78, 5) is 20.9. The van der Waals surface area contributed by atoms with Crippen molar-refractivity contribution in [3.05, 3.63) is 51.8 Å². The summed E-state index contributed by atoms with van der Waals surface area (Å²) in [6.07, 6.45) is 0. The SMILES string of the molecule is Cc1ccc([N+](=O)[O-])cc1-c1ccc(C(=O)O)o1. The lowest BCUT2D eigenvalue weighted by atomic mass is 10.1. The van der Waals surface area contributed by atoms with Gasteiger partial charge in [-0.05, 0) is 24.6 Å². The van der Waals surface area contributed by atoms with E-state index in [4.69, 9.17) is 9.52 Å². The van der Waals surface area contributed by atoms with Crippen LogP contribution in [-0.4, -0.2) is 16.0 Å². The maximum absolute atomic E-state index is 10.7. The second-order valence-corrected chi connectivity index (χ2v) is 3.73. The van der Waals surface area contributed by atoms with Crippen LogP contribution in [-0.2, 0) is 0 Å². The zero-order valence-corrected chi connectivity index (χ0v) is 9.41. The molecule has 0 fully saturated rings. The van der Waals surface area contributed by atoms with E-state index in [2.05, 4.69) is 0 Å². The number of nitrogens with zero attached hydrogens (tertiary/aromatic N) is 1. The predicted molar refractivity (Wildman–Crippen MR) is 62.5 cm³/mol. The van der Waals surface area contributed by atoms with Gasteiger partial charge in [0.1, 0.15) is 5.76 Å². The molecule has 2 rings (SSSR count). The number of rotatable bonds is 3. The first-order chi connectivity index (χ1) is 8.49. The molecule has 0 unspecified atom stereocenters. The first-order valence-electron chi connectivity index (χ1n) is 5.07. The van der Waals surface area contributed by atoms with Crippen LogP contribution in [0.15, 0.2) is 34.7 Å². The number of benzene rings is 1. The molecule has 1 aromatic carbocycles. The van der Waals surface area contributed by atoms with Crippen LogP contribution in [0, 0.1) is 17.0 Å². The first-order valence-corrected chi connectivity index (χ1v) is 5.07. The Kier molecular flexibility index (Phi) is 2.85. The minimum atomic E-state index is -1.18. The van der Waals surface area contributed by atoms with E-state index in [0.717, 1.165) is 5.56 Å². The van der Waals surface area contributed by atoms with Crippen molar-refractivity contribution in [1.82, 2.24) is 0 Å². The summed E-state index contributed by atoms with van der Waals surface area (Å²) in [6.45, 7) is 1.77. The van der Waals surface area contributed by atoms with E-state index in [1.807, 2.05) is 0 Å². The van der Waals surface area contributed by atoms with Crippen molar-refractivity contribution >= 4 is 11.7 Å². The standard InChI is InChI=1S/C12H9NO5/c1-7-2-3-8(13(16)17)6-9(7)10-4-5-11(18-10)12(14)15/h2-6H,1H3,(H,14,15). The lowest BCUT2D eigenvalue weighted by molar-refractivity contribution is -0.384. The Hall–Kier alpha value is -2.63. The minimum absolute atomic E-state index is 0.0659. The zero-order chi connectivity index (χ0) is 13.3. The van der Waals surface area contributed by atoms with Crippen LogP contribution in [0.2, 0.25) is 0 Å². The number of carbonyl (C=O) groups is 1. The summed E-state index contributed by atoms with van der Waals surface area (Å²) in [5.74, 6) is -1.08. The Morgan fingerprint density at radius 2 is 2.06 bits per heavy atom. The Balaban J connectivity index is 2.51. The largest absolute Gasteiger partial charge is 0.475 e. The molecule has 2 aromatic rings. The number of hydrogen-bond donors (Lipinski definition) is 1. The third-order valence-electron chi connectivity index (χ3n) is 2.51. The summed E-state index contributed by atoms with van der Waals surface area (Å²) in [5.41, 5.74) is 1.22. The van der Waals surface area contributed by atoms with Crippen molar-refractivity contribution in [2.45, 2.75) is 6.92 Å². The number of nitro benzene ring substituents is 1. The molecule has 1 heterocycles. The van der Waals surface area contributed by atoms with Gasteiger partial charge in [-0.15, -0.1) is 0 Å². The highest BCUT2D eigenvalue weighted by molar-refractivity contribution is 5.85. The summed E-state index contributed by atoms with van der Waals surface area (Å²) in [7, 11) is 0. The van der Waals surface area contributed by atoms with Crippen molar-refractivity contribution in [3.8, 4) is 11.3 Å². The van der Waals surface area contributed by atoms with Crippen LogP contribution in [0.4, 0.5) is 5.69 Å². The molecule has 0 spiro atoms. The van der Waals surface area contributed by atoms with E-state index >= 15 is 0 Å². The predicted octanol–water partition coefficient (Wildman–Crippen LogP) is 2.86. The number of hydrogen-bond acceptors (Lipinski definition) is 4. The van der Waals surface area contributed by atoms with E-state index in [1.165, 1.54) is 24.3 Å². The van der Waals surface area contributed by atoms with Gasteiger partial charge in [0.15, 0.2) is 0 Å². The van der Waals surface area contributed by atoms with Gasteiger partial charge >= 0.3 is 5.97 Å². The molecule has 1 aromatic heterocycles. The number of non-ortho nitro benzene ring substituents is 1. The topological polar surface area (TPSA) is 93.6 Å². The average molecular weight is 247 g/mol. The Labute approximate surface area is 102 Å². The first kappa shape index (κ1) is 11.8. The van der Waals surface area contributed by atoms with Gasteiger partial charge in [-0.25, -0.2) is 4.79 Å². The Morgan fingerprint density at radius 1 is 1.33 bits per heavy atom. The van der Waals surface area contributed by atoms with Gasteiger partial charge in [-0.2, -0.15) is 0 Å². The highest BCUT2D eigenvalue weighted by Crippen LogP contribution is 2.29. The van der Waals surface area contributed by atoms with Crippen LogP contribution in [0.25, 0.3) is 11.3 Å². The minimum Gasteiger partial charge on any atom is -0.475 e. The van der Waals surface area contributed by atoms with E-state index in [0.29, 0.717) is 11.3 Å². The van der Waals surface area contributed by atoms with Gasteiger partial charge in [-0.3, -0.25) is 10.1 Å². The molecular formula is C12H9NO5. The molecule has 0 bridgehead atoms. The molecule has 0 amide bonds. The fraction of sp³-hybridized carbons (Fsp3) is 0.0833. The van der Waals surface area contributed by atoms with Crippen molar-refractivity contribution < 1.29 is 19.2 Å². The van der Waals surface area contributed by atoms with Crippen LogP contribution < -0.4 is 0 Å². The molecule has 1 N–H and O–H groups in total. The third-order valence-corrected chi connectivity index (χ3v) is 2.51. The van der Waals surface area contributed by atoms with Gasteiger partial charge in [0.2, 0.25) is 5.76 Å². The molecule has 18 heavy (non-hydrogen) atoms. The van der Waals surface area contributed by atoms with Crippen LogP contribution >= 0.6 is 0 Å². The molecule has 0 radical (unpaired) electrons. The van der Waals surface area contributed by atoms with Gasteiger partial charge in [0, 0.05) is 17.7 Å². The summed E-state index contributed by atoms with van der Waals surface area (Å²) in [5, 5.41) is 19.4. The number of furan rings is 1. The number of aryl methyl sites for hydroxylation is 1. The second kappa shape index (κ2) is 4.33. The lowest BCUT2D eigenvalue weighted by Gasteiger charge is -2.02. The Bertz CT molecular complexity index is 629. The molecule has 6 nitrogen and oxygen atoms in total. The van der Waals surface area contributed by atoms with Crippen molar-refractivity contribution in [2.75, 3.05) is 0 Å². The van der Waals surface area contributed by atoms with Crippen LogP contribution in [0.3, 0.4) is 0 Å². The van der Waals surface area contributed by atoms with Gasteiger partial charge in [0.25, 0.3) is 5.69 Å². The third kappa shape index (κ3) is 2.08. The molecule has 0 atom stereocenters. The monoisotopic (exact) mass is 247 g/mol. The normalized spacial score (nSPS) is 10.3. The zero-order valence-electron chi connectivity index (χ0n) is 9.41. The molecule has 0 aliphatic rings. The quantitative estimate of drug-likeness (QED) is 0.664. The van der Waals surface area contributed by atoms with E-state index < -0.39 is 10.9 Å². The highest BCUT2D eigenvalue weighted by atomic mass is 16.6. The van der Waals surface area contributed by atoms with E-state index in [1.54, 1.807) is 13.0 Å². The average Bonchev–Trinajstić information content (AvgIpc) is 2.78. The van der Waals surface area contributed by atoms with Crippen molar-refractivity contribution in [1.29, 1.82) is 0 Å². The van der Waals surface area contributed by atoms with Crippen LogP contribution in [0.1, 0.15) is 16.1 Å². The van der Waals surface area contributed by atoms with E-state index in [9.17, 15) is 14.9 Å². The number of carboxylic acids is 1. The van der Waals surface area contributed by atoms with Gasteiger partial charge < -0.3 is 9.52 Å². The maximum Gasteiger partial charge on any atom is 0.371 e. The second-order valence-electron chi connectivity index (χ2n) is 3.73. The maximum atomic E-state index is 10.7. The fourth-order valence-electron chi connectivity index (χ4n) is 1.59. The number of nitro groups is 1. The van der Waals surface area contributed by atoms with Crippen molar-refractivity contribution in [3.63, 3.8) is 0 Å². The molecular weight excluding hydrogens is 238 g/mol. The molecule has 0 saturated heterocycles. The fourth-order valence-corrected chi connectivity index (χ4v) is 1.59. The molecule has 0 aliphatic heterocycles. The Morgan fingerprint density at radius 3 is 2.61 bits per heavy atom. The summed E-state index contributed by atoms with van der Waals surface area (Å²) in [6, 6.07) is 7.14. The molecule has 6 heteroatoms.